The third kappa shape index (κ3) is 2.57. The summed E-state index contributed by atoms with van der Waals surface area (Å²) >= 11 is 0. The van der Waals surface area contributed by atoms with Crippen LogP contribution in [0.3, 0.4) is 0 Å². The van der Waals surface area contributed by atoms with Gasteiger partial charge in [0.25, 0.3) is 0 Å². The zero-order valence-corrected chi connectivity index (χ0v) is 9.47. The van der Waals surface area contributed by atoms with E-state index in [-0.39, 0.29) is 5.82 Å². The summed E-state index contributed by atoms with van der Waals surface area (Å²) in [6.45, 7) is 0.331. The summed E-state index contributed by atoms with van der Waals surface area (Å²) in [5, 5.41) is 0. The molecule has 88 valence electrons. The van der Waals surface area contributed by atoms with Gasteiger partial charge in [0.1, 0.15) is 5.82 Å². The Bertz CT molecular complexity index is 515. The molecule has 0 saturated heterocycles. The highest BCUT2D eigenvalue weighted by Crippen LogP contribution is 2.21. The van der Waals surface area contributed by atoms with Crippen molar-refractivity contribution in [2.45, 2.75) is 6.54 Å². The highest BCUT2D eigenvalue weighted by Gasteiger charge is 2.07. The van der Waals surface area contributed by atoms with Crippen LogP contribution < -0.4 is 10.6 Å². The van der Waals surface area contributed by atoms with Crippen LogP contribution >= 0.6 is 0 Å². The van der Waals surface area contributed by atoms with E-state index in [2.05, 4.69) is 9.97 Å². The molecular formula is C12H13FN4. The molecule has 0 amide bonds. The molecule has 2 N–H and O–H groups in total. The first-order valence-electron chi connectivity index (χ1n) is 5.21. The summed E-state index contributed by atoms with van der Waals surface area (Å²) in [6, 6.07) is 6.30. The number of nitrogens with two attached hydrogens (primary N) is 1. The lowest BCUT2D eigenvalue weighted by Gasteiger charge is -2.18. The van der Waals surface area contributed by atoms with Gasteiger partial charge in [0.05, 0.1) is 11.9 Å². The molecule has 0 aliphatic heterocycles. The number of aromatic nitrogens is 2. The second kappa shape index (κ2) is 4.88. The predicted octanol–water partition coefficient (Wildman–Crippen LogP) is 1.84. The predicted molar refractivity (Wildman–Crippen MR) is 64.4 cm³/mol. The van der Waals surface area contributed by atoms with Crippen LogP contribution in [0.5, 0.6) is 0 Å². The standard InChI is InChI=1S/C12H13FN4/c1-17(11-4-2-3-9(13)5-11)12-8-15-7-10(6-14)16-12/h2-5,7-8H,6,14H2,1H3. The van der Waals surface area contributed by atoms with Gasteiger partial charge in [0.2, 0.25) is 0 Å². The third-order valence-electron chi connectivity index (χ3n) is 2.42. The van der Waals surface area contributed by atoms with Gasteiger partial charge in [-0.25, -0.2) is 9.37 Å². The van der Waals surface area contributed by atoms with Crippen molar-refractivity contribution >= 4 is 11.5 Å². The van der Waals surface area contributed by atoms with Crippen molar-refractivity contribution < 1.29 is 4.39 Å². The largest absolute Gasteiger partial charge is 0.328 e. The lowest BCUT2D eigenvalue weighted by Crippen LogP contribution is -2.13. The highest BCUT2D eigenvalue weighted by atomic mass is 19.1. The third-order valence-corrected chi connectivity index (χ3v) is 2.42. The van der Waals surface area contributed by atoms with E-state index in [4.69, 9.17) is 5.73 Å². The van der Waals surface area contributed by atoms with Gasteiger partial charge in [-0.15, -0.1) is 0 Å². The Kier molecular flexibility index (Phi) is 3.30. The zero-order chi connectivity index (χ0) is 12.3. The molecule has 5 heteroatoms. The van der Waals surface area contributed by atoms with Crippen LogP contribution in [-0.4, -0.2) is 17.0 Å². The Morgan fingerprint density at radius 3 is 2.88 bits per heavy atom. The fourth-order valence-electron chi connectivity index (χ4n) is 1.47. The SMILES string of the molecule is CN(c1cccc(F)c1)c1cncc(CN)n1. The Hall–Kier alpha value is -2.01. The first kappa shape index (κ1) is 11.5. The van der Waals surface area contributed by atoms with Crippen LogP contribution in [0.1, 0.15) is 5.69 Å². The molecule has 1 aromatic carbocycles. The van der Waals surface area contributed by atoms with E-state index in [1.807, 2.05) is 0 Å². The molecule has 0 fully saturated rings. The molecule has 4 nitrogen and oxygen atoms in total. The Morgan fingerprint density at radius 2 is 2.18 bits per heavy atom. The topological polar surface area (TPSA) is 55.0 Å². The van der Waals surface area contributed by atoms with Gasteiger partial charge in [-0.2, -0.15) is 0 Å². The fraction of sp³-hybridized carbons (Fsp3) is 0.167. The van der Waals surface area contributed by atoms with Crippen molar-refractivity contribution in [3.05, 3.63) is 48.2 Å². The van der Waals surface area contributed by atoms with E-state index in [1.165, 1.54) is 12.1 Å². The molecule has 1 heterocycles. The summed E-state index contributed by atoms with van der Waals surface area (Å²) in [4.78, 5) is 10.1. The molecule has 1 aromatic heterocycles. The number of benzene rings is 1. The monoisotopic (exact) mass is 232 g/mol. The Labute approximate surface area is 98.9 Å². The molecule has 0 bridgehead atoms. The van der Waals surface area contributed by atoms with E-state index in [1.54, 1.807) is 36.5 Å². The maximum atomic E-state index is 13.1. The molecule has 17 heavy (non-hydrogen) atoms. The van der Waals surface area contributed by atoms with E-state index < -0.39 is 0 Å². The number of halogens is 1. The molecule has 2 aromatic rings. The molecule has 0 atom stereocenters. The maximum Gasteiger partial charge on any atom is 0.151 e. The molecule has 0 unspecified atom stereocenters. The van der Waals surface area contributed by atoms with Crippen molar-refractivity contribution in [1.29, 1.82) is 0 Å². The average Bonchev–Trinajstić information content (AvgIpc) is 2.38. The van der Waals surface area contributed by atoms with Crippen molar-refractivity contribution in [1.82, 2.24) is 9.97 Å². The normalized spacial score (nSPS) is 10.3. The van der Waals surface area contributed by atoms with Gasteiger partial charge in [0.15, 0.2) is 5.82 Å². The molecule has 0 radical (unpaired) electrons. The molecular weight excluding hydrogens is 219 g/mol. The quantitative estimate of drug-likeness (QED) is 0.877. The number of rotatable bonds is 3. The summed E-state index contributed by atoms with van der Waals surface area (Å²) in [7, 11) is 1.80. The van der Waals surface area contributed by atoms with Crippen LogP contribution in [0.4, 0.5) is 15.9 Å². The number of hydrogen-bond donors (Lipinski definition) is 1. The summed E-state index contributed by atoms with van der Waals surface area (Å²) in [5.41, 5.74) is 6.92. The lowest BCUT2D eigenvalue weighted by molar-refractivity contribution is 0.628. The van der Waals surface area contributed by atoms with Gasteiger partial charge in [-0.3, -0.25) is 4.98 Å². The van der Waals surface area contributed by atoms with Crippen LogP contribution in [-0.2, 0) is 6.54 Å². The summed E-state index contributed by atoms with van der Waals surface area (Å²) in [6.07, 6.45) is 3.23. The lowest BCUT2D eigenvalue weighted by atomic mass is 10.3. The van der Waals surface area contributed by atoms with Gasteiger partial charge in [-0.05, 0) is 18.2 Å². The van der Waals surface area contributed by atoms with Crippen molar-refractivity contribution in [3.8, 4) is 0 Å². The minimum absolute atomic E-state index is 0.280. The van der Waals surface area contributed by atoms with Gasteiger partial charge in [0, 0.05) is 25.5 Å². The minimum atomic E-state index is -0.280. The van der Waals surface area contributed by atoms with Gasteiger partial charge in [-0.1, -0.05) is 6.07 Å². The highest BCUT2D eigenvalue weighted by molar-refractivity contribution is 5.58. The average molecular weight is 232 g/mol. The van der Waals surface area contributed by atoms with E-state index in [9.17, 15) is 4.39 Å². The number of hydrogen-bond acceptors (Lipinski definition) is 4. The second-order valence-electron chi connectivity index (χ2n) is 3.61. The van der Waals surface area contributed by atoms with E-state index in [0.717, 1.165) is 0 Å². The number of nitrogens with zero attached hydrogens (tertiary/aromatic N) is 3. The van der Waals surface area contributed by atoms with E-state index >= 15 is 0 Å². The molecule has 0 aliphatic carbocycles. The summed E-state index contributed by atoms with van der Waals surface area (Å²) in [5.74, 6) is 0.357. The Morgan fingerprint density at radius 1 is 1.35 bits per heavy atom. The van der Waals surface area contributed by atoms with Gasteiger partial charge < -0.3 is 10.6 Å². The van der Waals surface area contributed by atoms with Crippen LogP contribution in [0.15, 0.2) is 36.7 Å². The fourth-order valence-corrected chi connectivity index (χ4v) is 1.47. The maximum absolute atomic E-state index is 13.1. The zero-order valence-electron chi connectivity index (χ0n) is 9.47. The minimum Gasteiger partial charge on any atom is -0.328 e. The molecule has 0 aliphatic rings. The van der Waals surface area contributed by atoms with Gasteiger partial charge >= 0.3 is 0 Å². The smallest absolute Gasteiger partial charge is 0.151 e. The van der Waals surface area contributed by atoms with Crippen molar-refractivity contribution in [2.24, 2.45) is 5.73 Å². The van der Waals surface area contributed by atoms with Crippen LogP contribution in [0, 0.1) is 5.82 Å². The first-order valence-corrected chi connectivity index (χ1v) is 5.21. The Balaban J connectivity index is 2.33. The van der Waals surface area contributed by atoms with Crippen LogP contribution in [0.25, 0.3) is 0 Å². The number of anilines is 2. The second-order valence-corrected chi connectivity index (χ2v) is 3.61. The summed E-state index contributed by atoms with van der Waals surface area (Å²) < 4.78 is 13.1. The molecule has 2 rings (SSSR count). The van der Waals surface area contributed by atoms with Crippen molar-refractivity contribution in [3.63, 3.8) is 0 Å². The first-order chi connectivity index (χ1) is 8.20. The van der Waals surface area contributed by atoms with E-state index in [0.29, 0.717) is 23.7 Å². The van der Waals surface area contributed by atoms with Crippen LogP contribution in [0.2, 0.25) is 0 Å². The molecule has 0 spiro atoms. The van der Waals surface area contributed by atoms with Crippen molar-refractivity contribution in [2.75, 3.05) is 11.9 Å². The molecule has 0 saturated carbocycles.